The molecule has 27 heavy (non-hydrogen) atoms. The molecule has 1 saturated heterocycles. The first-order chi connectivity index (χ1) is 12.9. The largest absolute Gasteiger partial charge is 0.481 e. The van der Waals surface area contributed by atoms with Gasteiger partial charge in [-0.2, -0.15) is 0 Å². The molecule has 0 spiro atoms. The smallest absolute Gasteiger partial charge is 0.306 e. The first kappa shape index (κ1) is 19.2. The van der Waals surface area contributed by atoms with Gasteiger partial charge in [-0.15, -0.1) is 0 Å². The summed E-state index contributed by atoms with van der Waals surface area (Å²) >= 11 is 0. The molecule has 0 aromatic heterocycles. The molecule has 1 aromatic carbocycles. The maximum atomic E-state index is 12.6. The lowest BCUT2D eigenvalue weighted by Gasteiger charge is -2.34. The van der Waals surface area contributed by atoms with Gasteiger partial charge in [0.1, 0.15) is 5.84 Å². The molecule has 1 amide bonds. The van der Waals surface area contributed by atoms with Crippen molar-refractivity contribution in [2.45, 2.75) is 44.6 Å². The monoisotopic (exact) mass is 372 g/mol. The SMILES string of the molecule is N=C(N)c1ccc(N2CCC(C(=O)NC3CCC(C(=O)O)CC3)CC2)cc1. The van der Waals surface area contributed by atoms with Gasteiger partial charge < -0.3 is 21.1 Å². The lowest BCUT2D eigenvalue weighted by atomic mass is 9.85. The highest BCUT2D eigenvalue weighted by Gasteiger charge is 2.30. The second-order valence-corrected chi connectivity index (χ2v) is 7.62. The topological polar surface area (TPSA) is 120 Å². The van der Waals surface area contributed by atoms with Gasteiger partial charge in [0, 0.05) is 36.3 Å². The molecule has 1 aliphatic heterocycles. The van der Waals surface area contributed by atoms with E-state index in [1.54, 1.807) is 0 Å². The predicted molar refractivity (Wildman–Crippen MR) is 104 cm³/mol. The van der Waals surface area contributed by atoms with Crippen LogP contribution in [0.15, 0.2) is 24.3 Å². The zero-order valence-corrected chi connectivity index (χ0v) is 15.5. The van der Waals surface area contributed by atoms with Crippen LogP contribution < -0.4 is 16.0 Å². The molecule has 7 nitrogen and oxygen atoms in total. The van der Waals surface area contributed by atoms with Gasteiger partial charge in [-0.1, -0.05) is 0 Å². The molecule has 1 saturated carbocycles. The Morgan fingerprint density at radius 3 is 2.11 bits per heavy atom. The molecule has 2 fully saturated rings. The molecule has 0 radical (unpaired) electrons. The van der Waals surface area contributed by atoms with Crippen molar-refractivity contribution in [2.24, 2.45) is 17.6 Å². The maximum Gasteiger partial charge on any atom is 0.306 e. The van der Waals surface area contributed by atoms with Crippen LogP contribution in [0.1, 0.15) is 44.1 Å². The number of hydrogen-bond donors (Lipinski definition) is 4. The number of carboxylic acids is 1. The Labute approximate surface area is 159 Å². The first-order valence-electron chi connectivity index (χ1n) is 9.66. The predicted octanol–water partition coefficient (Wildman–Crippen LogP) is 1.95. The van der Waals surface area contributed by atoms with Crippen molar-refractivity contribution in [1.29, 1.82) is 5.41 Å². The average Bonchev–Trinajstić information content (AvgIpc) is 2.68. The van der Waals surface area contributed by atoms with Gasteiger partial charge in [-0.05, 0) is 62.8 Å². The number of nitrogens with one attached hydrogen (secondary N) is 2. The summed E-state index contributed by atoms with van der Waals surface area (Å²) in [5, 5.41) is 19.6. The van der Waals surface area contributed by atoms with E-state index in [-0.39, 0.29) is 29.6 Å². The average molecular weight is 372 g/mol. The summed E-state index contributed by atoms with van der Waals surface area (Å²) in [6.07, 6.45) is 4.42. The second kappa shape index (κ2) is 8.41. The molecule has 1 aliphatic carbocycles. The number of nitrogen functional groups attached to an aromatic ring is 1. The highest BCUT2D eigenvalue weighted by atomic mass is 16.4. The zero-order chi connectivity index (χ0) is 19.4. The molecule has 0 atom stereocenters. The number of nitrogens with two attached hydrogens (primary N) is 1. The standard InChI is InChI=1S/C20H28N4O3/c21-18(22)13-3-7-17(8-4-13)24-11-9-14(10-12-24)19(25)23-16-5-1-15(2-6-16)20(26)27/h3-4,7-8,14-16H,1-2,5-6,9-12H2,(H3,21,22)(H,23,25)(H,26,27). The number of benzene rings is 1. The number of carboxylic acid groups (broad SMARTS) is 1. The lowest BCUT2D eigenvalue weighted by Crippen LogP contribution is -2.45. The molecular formula is C20H28N4O3. The number of anilines is 1. The molecule has 2 aliphatic rings. The summed E-state index contributed by atoms with van der Waals surface area (Å²) in [5.41, 5.74) is 7.29. The van der Waals surface area contributed by atoms with Crippen LogP contribution in [-0.4, -0.2) is 41.9 Å². The van der Waals surface area contributed by atoms with Crippen molar-refractivity contribution in [1.82, 2.24) is 5.32 Å². The first-order valence-corrected chi connectivity index (χ1v) is 9.66. The number of amides is 1. The van der Waals surface area contributed by atoms with Crippen molar-refractivity contribution in [3.8, 4) is 0 Å². The fourth-order valence-electron chi connectivity index (χ4n) is 4.06. The summed E-state index contributed by atoms with van der Waals surface area (Å²) < 4.78 is 0. The van der Waals surface area contributed by atoms with Gasteiger partial charge >= 0.3 is 5.97 Å². The Bertz CT molecular complexity index is 688. The fraction of sp³-hybridized carbons (Fsp3) is 0.550. The number of carbonyl (C=O) groups excluding carboxylic acids is 1. The second-order valence-electron chi connectivity index (χ2n) is 7.62. The van der Waals surface area contributed by atoms with E-state index in [0.29, 0.717) is 18.4 Å². The molecular weight excluding hydrogens is 344 g/mol. The number of amidine groups is 1. The molecule has 3 rings (SSSR count). The van der Waals surface area contributed by atoms with E-state index in [9.17, 15) is 9.59 Å². The van der Waals surface area contributed by atoms with E-state index in [0.717, 1.165) is 44.5 Å². The van der Waals surface area contributed by atoms with Crippen molar-refractivity contribution in [2.75, 3.05) is 18.0 Å². The van der Waals surface area contributed by atoms with E-state index in [4.69, 9.17) is 16.2 Å². The van der Waals surface area contributed by atoms with E-state index in [2.05, 4.69) is 10.2 Å². The maximum absolute atomic E-state index is 12.6. The molecule has 1 aromatic rings. The zero-order valence-electron chi connectivity index (χ0n) is 15.5. The lowest BCUT2D eigenvalue weighted by molar-refractivity contribution is -0.142. The van der Waals surface area contributed by atoms with E-state index < -0.39 is 5.97 Å². The third-order valence-electron chi connectivity index (χ3n) is 5.83. The van der Waals surface area contributed by atoms with Gasteiger partial charge in [0.05, 0.1) is 5.92 Å². The molecule has 7 heteroatoms. The van der Waals surface area contributed by atoms with Gasteiger partial charge in [-0.3, -0.25) is 15.0 Å². The Morgan fingerprint density at radius 1 is 1.00 bits per heavy atom. The van der Waals surface area contributed by atoms with Crippen LogP contribution in [-0.2, 0) is 9.59 Å². The van der Waals surface area contributed by atoms with Crippen LogP contribution in [0.3, 0.4) is 0 Å². The number of carbonyl (C=O) groups is 2. The Balaban J connectivity index is 1.45. The summed E-state index contributed by atoms with van der Waals surface area (Å²) in [5.74, 6) is -0.774. The number of aliphatic carboxylic acids is 1. The van der Waals surface area contributed by atoms with Crippen LogP contribution in [0.2, 0.25) is 0 Å². The fourth-order valence-corrected chi connectivity index (χ4v) is 4.06. The van der Waals surface area contributed by atoms with Crippen LogP contribution in [0.4, 0.5) is 5.69 Å². The van der Waals surface area contributed by atoms with E-state index in [1.165, 1.54) is 0 Å². The van der Waals surface area contributed by atoms with Crippen molar-refractivity contribution in [3.63, 3.8) is 0 Å². The molecule has 0 unspecified atom stereocenters. The van der Waals surface area contributed by atoms with Gasteiger partial charge in [0.2, 0.25) is 5.91 Å². The highest BCUT2D eigenvalue weighted by Crippen LogP contribution is 2.27. The van der Waals surface area contributed by atoms with Crippen molar-refractivity contribution in [3.05, 3.63) is 29.8 Å². The van der Waals surface area contributed by atoms with Crippen molar-refractivity contribution < 1.29 is 14.7 Å². The van der Waals surface area contributed by atoms with Crippen LogP contribution in [0.25, 0.3) is 0 Å². The Kier molecular flexibility index (Phi) is 5.98. The number of rotatable bonds is 5. The van der Waals surface area contributed by atoms with Crippen LogP contribution in [0.5, 0.6) is 0 Å². The summed E-state index contributed by atoms with van der Waals surface area (Å²) in [7, 11) is 0. The number of hydrogen-bond acceptors (Lipinski definition) is 4. The van der Waals surface area contributed by atoms with E-state index >= 15 is 0 Å². The van der Waals surface area contributed by atoms with Gasteiger partial charge in [0.25, 0.3) is 0 Å². The quantitative estimate of drug-likeness (QED) is 0.465. The minimum atomic E-state index is -0.719. The minimum absolute atomic E-state index is 0.0231. The minimum Gasteiger partial charge on any atom is -0.481 e. The number of piperidine rings is 1. The highest BCUT2D eigenvalue weighted by molar-refractivity contribution is 5.95. The van der Waals surface area contributed by atoms with Crippen molar-refractivity contribution >= 4 is 23.4 Å². The Hall–Kier alpha value is -2.57. The molecule has 146 valence electrons. The summed E-state index contributed by atoms with van der Waals surface area (Å²) in [6, 6.07) is 7.76. The Morgan fingerprint density at radius 2 is 1.59 bits per heavy atom. The van der Waals surface area contributed by atoms with Crippen LogP contribution >= 0.6 is 0 Å². The normalized spacial score (nSPS) is 23.6. The van der Waals surface area contributed by atoms with E-state index in [1.807, 2.05) is 24.3 Å². The molecule has 5 N–H and O–H groups in total. The van der Waals surface area contributed by atoms with Gasteiger partial charge in [0.15, 0.2) is 0 Å². The summed E-state index contributed by atoms with van der Waals surface area (Å²) in [4.78, 5) is 25.8. The third-order valence-corrected chi connectivity index (χ3v) is 5.83. The van der Waals surface area contributed by atoms with Crippen LogP contribution in [0, 0.1) is 17.2 Å². The summed E-state index contributed by atoms with van der Waals surface area (Å²) in [6.45, 7) is 1.65. The molecule has 1 heterocycles. The molecule has 0 bridgehead atoms. The third kappa shape index (κ3) is 4.78. The van der Waals surface area contributed by atoms with Gasteiger partial charge in [-0.25, -0.2) is 0 Å². The number of nitrogens with zero attached hydrogens (tertiary/aromatic N) is 1.